The highest BCUT2D eigenvalue weighted by Crippen LogP contribution is 2.34. The Morgan fingerprint density at radius 2 is 2.03 bits per heavy atom. The number of fused-ring (bicyclic) bond motifs is 1. The Morgan fingerprint density at radius 1 is 1.30 bits per heavy atom. The molecule has 1 aliphatic carbocycles. The monoisotopic (exact) mass is 478 g/mol. The number of hydrogen-bond donors (Lipinski definition) is 1. The van der Waals surface area contributed by atoms with Gasteiger partial charge in [-0.15, -0.1) is 0 Å². The minimum absolute atomic E-state index is 0.0591. The summed E-state index contributed by atoms with van der Waals surface area (Å²) < 4.78 is 39.9. The lowest BCUT2D eigenvalue weighted by molar-refractivity contribution is 0.0712. The predicted molar refractivity (Wildman–Crippen MR) is 129 cm³/mol. The van der Waals surface area contributed by atoms with Gasteiger partial charge in [-0.2, -0.15) is 4.31 Å². The summed E-state index contributed by atoms with van der Waals surface area (Å²) in [6, 6.07) is 4.44. The first kappa shape index (κ1) is 26.0. The molecule has 3 rings (SSSR count). The molecule has 2 aliphatic rings. The van der Waals surface area contributed by atoms with Gasteiger partial charge in [0.1, 0.15) is 23.4 Å². The molecule has 1 aromatic rings. The van der Waals surface area contributed by atoms with Crippen molar-refractivity contribution in [3.63, 3.8) is 0 Å². The molecule has 0 unspecified atom stereocenters. The van der Waals surface area contributed by atoms with Crippen LogP contribution in [-0.2, 0) is 14.8 Å². The van der Waals surface area contributed by atoms with Crippen LogP contribution >= 0.6 is 0 Å². The van der Waals surface area contributed by atoms with Crippen molar-refractivity contribution in [3.05, 3.63) is 23.8 Å². The lowest BCUT2D eigenvalue weighted by atomic mass is 10.0. The number of benzene rings is 1. The van der Waals surface area contributed by atoms with Gasteiger partial charge in [-0.25, -0.2) is 8.42 Å². The van der Waals surface area contributed by atoms with Crippen LogP contribution in [0, 0.1) is 23.7 Å². The van der Waals surface area contributed by atoms with E-state index in [1.165, 1.54) is 30.0 Å². The molecule has 0 amide bonds. The molecule has 0 saturated heterocycles. The van der Waals surface area contributed by atoms with E-state index in [2.05, 4.69) is 23.8 Å². The topological polar surface area (TPSA) is 79.3 Å². The molecule has 1 fully saturated rings. The molecule has 8 heteroatoms. The van der Waals surface area contributed by atoms with Gasteiger partial charge in [-0.3, -0.25) is 0 Å². The van der Waals surface area contributed by atoms with Crippen LogP contribution in [0.25, 0.3) is 0 Å². The van der Waals surface area contributed by atoms with Crippen LogP contribution in [0.15, 0.2) is 23.1 Å². The lowest BCUT2D eigenvalue weighted by Gasteiger charge is -2.37. The Morgan fingerprint density at radius 3 is 2.70 bits per heavy atom. The van der Waals surface area contributed by atoms with Crippen LogP contribution in [0.2, 0.25) is 0 Å². The van der Waals surface area contributed by atoms with Crippen molar-refractivity contribution < 1.29 is 23.0 Å². The molecule has 0 radical (unpaired) electrons. The molecule has 7 nitrogen and oxygen atoms in total. The Balaban J connectivity index is 1.94. The van der Waals surface area contributed by atoms with Gasteiger partial charge < -0.3 is 19.5 Å². The van der Waals surface area contributed by atoms with E-state index in [1.807, 2.05) is 6.92 Å². The largest absolute Gasteiger partial charge is 0.487 e. The molecule has 0 bridgehead atoms. The van der Waals surface area contributed by atoms with Crippen molar-refractivity contribution in [2.45, 2.75) is 56.6 Å². The van der Waals surface area contributed by atoms with Crippen molar-refractivity contribution in [2.24, 2.45) is 11.8 Å². The summed E-state index contributed by atoms with van der Waals surface area (Å²) in [6.07, 6.45) is 4.97. The average molecular weight is 479 g/mol. The molecule has 33 heavy (non-hydrogen) atoms. The normalized spacial score (nSPS) is 24.3. The van der Waals surface area contributed by atoms with E-state index in [9.17, 15) is 13.5 Å². The summed E-state index contributed by atoms with van der Waals surface area (Å²) in [5, 5.41) is 9.78. The number of aliphatic hydroxyl groups is 1. The molecule has 0 spiro atoms. The fourth-order valence-electron chi connectivity index (χ4n) is 4.75. The van der Waals surface area contributed by atoms with E-state index >= 15 is 0 Å². The van der Waals surface area contributed by atoms with E-state index in [4.69, 9.17) is 9.47 Å². The molecular weight excluding hydrogens is 440 g/mol. The fourth-order valence-corrected chi connectivity index (χ4v) is 6.57. The van der Waals surface area contributed by atoms with Gasteiger partial charge in [0.2, 0.25) is 10.0 Å². The number of methoxy groups -OCH3 is 1. The highest BCUT2D eigenvalue weighted by Gasteiger charge is 2.38. The molecule has 1 aliphatic heterocycles. The molecule has 184 valence electrons. The molecular formula is C25H38N2O5S. The summed E-state index contributed by atoms with van der Waals surface area (Å²) >= 11 is 0. The van der Waals surface area contributed by atoms with Crippen LogP contribution < -0.4 is 4.74 Å². The number of likely N-dealkylation sites (N-methyl/N-ethyl adjacent to an activating group) is 1. The standard InChI is InChI=1S/C25H38N2O5S/c1-19-15-27(20(2)18-28)33(29,30)25-12-11-21(10-7-13-31-4)14-23(25)32-24(19)17-26(3)16-22-8-5-6-9-22/h11-12,14,19-20,22,24,28H,5-6,8-9,13,15-18H2,1-4H3/t19-,20-,24+/m1/s1. The zero-order chi connectivity index (χ0) is 24.0. The van der Waals surface area contributed by atoms with E-state index in [-0.39, 0.29) is 23.5 Å². The number of ether oxygens (including phenoxy) is 2. The van der Waals surface area contributed by atoms with Crippen LogP contribution in [-0.4, -0.2) is 81.9 Å². The molecule has 3 atom stereocenters. The van der Waals surface area contributed by atoms with E-state index in [1.54, 1.807) is 32.2 Å². The maximum atomic E-state index is 13.5. The summed E-state index contributed by atoms with van der Waals surface area (Å²) in [4.78, 5) is 2.44. The second kappa shape index (κ2) is 11.7. The third kappa shape index (κ3) is 6.49. The van der Waals surface area contributed by atoms with Gasteiger partial charge in [-0.1, -0.05) is 31.6 Å². The van der Waals surface area contributed by atoms with Gasteiger partial charge in [-0.05, 0) is 50.9 Å². The van der Waals surface area contributed by atoms with Crippen LogP contribution in [0.4, 0.5) is 0 Å². The molecule has 1 N–H and O–H groups in total. The first-order chi connectivity index (χ1) is 15.8. The minimum atomic E-state index is -3.84. The zero-order valence-electron chi connectivity index (χ0n) is 20.3. The van der Waals surface area contributed by atoms with Crippen LogP contribution in [0.5, 0.6) is 5.75 Å². The highest BCUT2D eigenvalue weighted by molar-refractivity contribution is 7.89. The maximum Gasteiger partial charge on any atom is 0.247 e. The Labute approximate surface area is 199 Å². The van der Waals surface area contributed by atoms with Gasteiger partial charge in [0, 0.05) is 44.3 Å². The quantitative estimate of drug-likeness (QED) is 0.607. The van der Waals surface area contributed by atoms with Crippen LogP contribution in [0.3, 0.4) is 0 Å². The van der Waals surface area contributed by atoms with Gasteiger partial charge in [0.05, 0.1) is 6.61 Å². The number of sulfonamides is 1. The van der Waals surface area contributed by atoms with Crippen molar-refractivity contribution >= 4 is 10.0 Å². The second-order valence-corrected chi connectivity index (χ2v) is 11.4. The zero-order valence-corrected chi connectivity index (χ0v) is 21.1. The third-order valence-electron chi connectivity index (χ3n) is 6.65. The summed E-state index contributed by atoms with van der Waals surface area (Å²) in [5.74, 6) is 6.89. The second-order valence-electron chi connectivity index (χ2n) is 9.51. The van der Waals surface area contributed by atoms with Gasteiger partial charge in [0.25, 0.3) is 0 Å². The Kier molecular flexibility index (Phi) is 9.19. The van der Waals surface area contributed by atoms with Crippen molar-refractivity contribution in [1.29, 1.82) is 0 Å². The molecule has 1 aromatic carbocycles. The minimum Gasteiger partial charge on any atom is -0.487 e. The smallest absolute Gasteiger partial charge is 0.247 e. The summed E-state index contributed by atoms with van der Waals surface area (Å²) in [5.41, 5.74) is 0.675. The number of rotatable bonds is 7. The summed E-state index contributed by atoms with van der Waals surface area (Å²) in [7, 11) is -0.142. The van der Waals surface area contributed by atoms with Gasteiger partial charge >= 0.3 is 0 Å². The van der Waals surface area contributed by atoms with Crippen molar-refractivity contribution in [1.82, 2.24) is 9.21 Å². The lowest BCUT2D eigenvalue weighted by Crippen LogP contribution is -2.49. The number of aliphatic hydroxyl groups excluding tert-OH is 1. The maximum absolute atomic E-state index is 13.5. The van der Waals surface area contributed by atoms with E-state index < -0.39 is 16.1 Å². The third-order valence-corrected chi connectivity index (χ3v) is 8.67. The Bertz CT molecular complexity index is 949. The van der Waals surface area contributed by atoms with E-state index in [0.29, 0.717) is 31.0 Å². The number of hydrogen-bond acceptors (Lipinski definition) is 6. The highest BCUT2D eigenvalue weighted by atomic mass is 32.2. The Hall–Kier alpha value is -1.63. The first-order valence-corrected chi connectivity index (χ1v) is 13.3. The van der Waals surface area contributed by atoms with Crippen molar-refractivity contribution in [2.75, 3.05) is 47.0 Å². The van der Waals surface area contributed by atoms with Crippen LogP contribution in [0.1, 0.15) is 45.1 Å². The molecule has 1 heterocycles. The molecule has 1 saturated carbocycles. The van der Waals surface area contributed by atoms with E-state index in [0.717, 1.165) is 12.5 Å². The summed E-state index contributed by atoms with van der Waals surface area (Å²) in [6.45, 7) is 5.83. The average Bonchev–Trinajstić information content (AvgIpc) is 3.28. The SMILES string of the molecule is COCC#Cc1ccc2c(c1)O[C@@H](CN(C)CC1CCCC1)[C@H](C)CN([C@H](C)CO)S2(=O)=O. The van der Waals surface area contributed by atoms with Gasteiger partial charge in [0.15, 0.2) is 0 Å². The predicted octanol–water partition coefficient (Wildman–Crippen LogP) is 2.58. The van der Waals surface area contributed by atoms with Crippen molar-refractivity contribution in [3.8, 4) is 17.6 Å². The molecule has 0 aromatic heterocycles. The first-order valence-electron chi connectivity index (χ1n) is 11.9. The number of nitrogens with zero attached hydrogens (tertiary/aromatic N) is 2. The fraction of sp³-hybridized carbons (Fsp3) is 0.680.